The number of aryl methyl sites for hydroxylation is 2. The molecule has 5 heteroatoms. The minimum Gasteiger partial charge on any atom is -0.436 e. The molecule has 1 aromatic carbocycles. The van der Waals surface area contributed by atoms with Crippen molar-refractivity contribution < 1.29 is 4.74 Å². The molecule has 1 heterocycles. The maximum absolute atomic E-state index is 8.90. The molecule has 0 bridgehead atoms. The highest BCUT2D eigenvalue weighted by Gasteiger charge is 2.09. The summed E-state index contributed by atoms with van der Waals surface area (Å²) in [6.07, 6.45) is 2.93. The fraction of sp³-hybridized carbons (Fsp3) is 0.154. The first kappa shape index (κ1) is 12.3. The number of ether oxygens (including phenoxy) is 1. The number of hydrogen-bond acceptors (Lipinski definition) is 4. The van der Waals surface area contributed by atoms with Crippen LogP contribution in [0.4, 0.5) is 0 Å². The maximum Gasteiger partial charge on any atom is 0.256 e. The number of nitrogens with zero attached hydrogens (tertiary/aromatic N) is 3. The van der Waals surface area contributed by atoms with E-state index in [4.69, 9.17) is 21.6 Å². The van der Waals surface area contributed by atoms with Gasteiger partial charge in [0.1, 0.15) is 11.8 Å². The third kappa shape index (κ3) is 2.41. The molecule has 0 spiro atoms. The highest BCUT2D eigenvalue weighted by atomic mass is 35.5. The summed E-state index contributed by atoms with van der Waals surface area (Å²) in [5.41, 5.74) is 1.98. The van der Waals surface area contributed by atoms with Gasteiger partial charge in [-0.15, -0.1) is 0 Å². The summed E-state index contributed by atoms with van der Waals surface area (Å²) in [7, 11) is 0. The van der Waals surface area contributed by atoms with E-state index >= 15 is 0 Å². The van der Waals surface area contributed by atoms with Crippen LogP contribution in [0.3, 0.4) is 0 Å². The average molecular weight is 260 g/mol. The Labute approximate surface area is 110 Å². The Hall–Kier alpha value is -2.12. The van der Waals surface area contributed by atoms with E-state index in [1.807, 2.05) is 19.9 Å². The molecule has 0 saturated heterocycles. The number of halogens is 1. The van der Waals surface area contributed by atoms with Crippen LogP contribution in [0.1, 0.15) is 16.8 Å². The van der Waals surface area contributed by atoms with Crippen molar-refractivity contribution >= 4 is 11.6 Å². The van der Waals surface area contributed by atoms with E-state index < -0.39 is 0 Å². The minimum atomic E-state index is 0.155. The Kier molecular flexibility index (Phi) is 3.45. The van der Waals surface area contributed by atoms with Gasteiger partial charge in [-0.25, -0.2) is 9.97 Å². The van der Waals surface area contributed by atoms with Crippen molar-refractivity contribution in [1.82, 2.24) is 9.97 Å². The zero-order chi connectivity index (χ0) is 13.1. The Bertz CT molecular complexity index is 611. The topological polar surface area (TPSA) is 58.8 Å². The molecule has 2 aromatic rings. The van der Waals surface area contributed by atoms with E-state index in [2.05, 4.69) is 9.97 Å². The highest BCUT2D eigenvalue weighted by molar-refractivity contribution is 6.32. The predicted octanol–water partition coefficient (Wildman–Crippen LogP) is 3.41. The molecule has 0 atom stereocenters. The van der Waals surface area contributed by atoms with E-state index in [0.717, 1.165) is 11.1 Å². The normalized spacial score (nSPS) is 9.89. The van der Waals surface area contributed by atoms with Crippen molar-refractivity contribution in [1.29, 1.82) is 5.26 Å². The van der Waals surface area contributed by atoms with Crippen LogP contribution >= 0.6 is 11.6 Å². The summed E-state index contributed by atoms with van der Waals surface area (Å²) in [4.78, 5) is 7.87. The van der Waals surface area contributed by atoms with Gasteiger partial charge in [0, 0.05) is 17.4 Å². The smallest absolute Gasteiger partial charge is 0.256 e. The molecular weight excluding hydrogens is 250 g/mol. The molecule has 0 aliphatic carbocycles. The van der Waals surface area contributed by atoms with Crippen LogP contribution in [0.2, 0.25) is 5.02 Å². The van der Waals surface area contributed by atoms with Crippen molar-refractivity contribution in [2.24, 2.45) is 0 Å². The van der Waals surface area contributed by atoms with Gasteiger partial charge in [0.2, 0.25) is 5.69 Å². The number of benzene rings is 1. The Balaban J connectivity index is 2.38. The van der Waals surface area contributed by atoms with Gasteiger partial charge < -0.3 is 4.74 Å². The Morgan fingerprint density at radius 2 is 1.78 bits per heavy atom. The zero-order valence-electron chi connectivity index (χ0n) is 9.94. The van der Waals surface area contributed by atoms with Crippen molar-refractivity contribution in [3.8, 4) is 17.7 Å². The summed E-state index contributed by atoms with van der Waals surface area (Å²) < 4.78 is 5.56. The monoisotopic (exact) mass is 259 g/mol. The van der Waals surface area contributed by atoms with E-state index in [1.54, 1.807) is 12.1 Å². The van der Waals surface area contributed by atoms with E-state index in [-0.39, 0.29) is 11.6 Å². The van der Waals surface area contributed by atoms with Crippen LogP contribution < -0.4 is 4.74 Å². The average Bonchev–Trinajstić information content (AvgIpc) is 2.36. The molecule has 0 radical (unpaired) electrons. The Morgan fingerprint density at radius 3 is 2.39 bits per heavy atom. The molecule has 0 aliphatic heterocycles. The second kappa shape index (κ2) is 5.03. The van der Waals surface area contributed by atoms with Gasteiger partial charge in [0.05, 0.1) is 0 Å². The molecule has 18 heavy (non-hydrogen) atoms. The zero-order valence-corrected chi connectivity index (χ0v) is 10.7. The molecular formula is C13H10ClN3O. The lowest BCUT2D eigenvalue weighted by Gasteiger charge is -2.09. The van der Waals surface area contributed by atoms with Crippen LogP contribution in [0.25, 0.3) is 0 Å². The number of rotatable bonds is 2. The van der Waals surface area contributed by atoms with Crippen molar-refractivity contribution in [2.75, 3.05) is 0 Å². The summed E-state index contributed by atoms with van der Waals surface area (Å²) in [6, 6.07) is 5.53. The third-order valence-corrected chi connectivity index (χ3v) is 2.99. The van der Waals surface area contributed by atoms with Crippen LogP contribution in [-0.4, -0.2) is 9.97 Å². The number of aromatic nitrogens is 2. The molecule has 0 unspecified atom stereocenters. The molecule has 0 N–H and O–H groups in total. The van der Waals surface area contributed by atoms with Gasteiger partial charge in [-0.05, 0) is 37.1 Å². The molecule has 2 rings (SSSR count). The molecule has 4 nitrogen and oxygen atoms in total. The largest absolute Gasteiger partial charge is 0.436 e. The first-order chi connectivity index (χ1) is 8.61. The first-order valence-corrected chi connectivity index (χ1v) is 5.65. The summed E-state index contributed by atoms with van der Waals surface area (Å²) >= 11 is 6.08. The lowest BCUT2D eigenvalue weighted by atomic mass is 10.1. The second-order valence-electron chi connectivity index (χ2n) is 3.80. The quantitative estimate of drug-likeness (QED) is 0.829. The maximum atomic E-state index is 8.90. The van der Waals surface area contributed by atoms with Gasteiger partial charge in [-0.3, -0.25) is 0 Å². The SMILES string of the molecule is Cc1cc(Oc2nccnc2C#N)cc(C)c1Cl. The van der Waals surface area contributed by atoms with Crippen molar-refractivity contribution in [3.63, 3.8) is 0 Å². The Morgan fingerprint density at radius 1 is 1.17 bits per heavy atom. The lowest BCUT2D eigenvalue weighted by molar-refractivity contribution is 0.457. The molecule has 90 valence electrons. The summed E-state index contributed by atoms with van der Waals surface area (Å²) in [6.45, 7) is 3.79. The second-order valence-corrected chi connectivity index (χ2v) is 4.17. The van der Waals surface area contributed by atoms with Gasteiger partial charge in [0.25, 0.3) is 5.88 Å². The van der Waals surface area contributed by atoms with Crippen LogP contribution in [0.15, 0.2) is 24.5 Å². The van der Waals surface area contributed by atoms with Crippen LogP contribution in [0, 0.1) is 25.2 Å². The molecule has 0 saturated carbocycles. The number of nitriles is 1. The minimum absolute atomic E-state index is 0.155. The van der Waals surface area contributed by atoms with Gasteiger partial charge >= 0.3 is 0 Å². The summed E-state index contributed by atoms with van der Waals surface area (Å²) in [5.74, 6) is 0.785. The van der Waals surface area contributed by atoms with E-state index in [0.29, 0.717) is 10.8 Å². The third-order valence-electron chi connectivity index (χ3n) is 2.40. The molecule has 0 amide bonds. The van der Waals surface area contributed by atoms with Crippen LogP contribution in [0.5, 0.6) is 11.6 Å². The molecule has 0 fully saturated rings. The highest BCUT2D eigenvalue weighted by Crippen LogP contribution is 2.28. The van der Waals surface area contributed by atoms with E-state index in [1.165, 1.54) is 12.4 Å². The fourth-order valence-electron chi connectivity index (χ4n) is 1.55. The fourth-order valence-corrected chi connectivity index (χ4v) is 1.66. The van der Waals surface area contributed by atoms with E-state index in [9.17, 15) is 0 Å². The standard InChI is InChI=1S/C13H10ClN3O/c1-8-5-10(6-9(2)12(8)14)18-13-11(7-15)16-3-4-17-13/h3-6H,1-2H3. The predicted molar refractivity (Wildman–Crippen MR) is 67.7 cm³/mol. The molecule has 0 aliphatic rings. The van der Waals surface area contributed by atoms with Gasteiger partial charge in [0.15, 0.2) is 0 Å². The lowest BCUT2D eigenvalue weighted by Crippen LogP contribution is -1.95. The summed E-state index contributed by atoms with van der Waals surface area (Å²) in [5, 5.41) is 9.61. The number of hydrogen-bond donors (Lipinski definition) is 0. The first-order valence-electron chi connectivity index (χ1n) is 5.27. The van der Waals surface area contributed by atoms with Crippen molar-refractivity contribution in [3.05, 3.63) is 46.4 Å². The van der Waals surface area contributed by atoms with Gasteiger partial charge in [-0.2, -0.15) is 5.26 Å². The van der Waals surface area contributed by atoms with Gasteiger partial charge in [-0.1, -0.05) is 11.6 Å². The van der Waals surface area contributed by atoms with Crippen LogP contribution in [-0.2, 0) is 0 Å². The molecule has 1 aromatic heterocycles. The van der Waals surface area contributed by atoms with Crippen molar-refractivity contribution in [2.45, 2.75) is 13.8 Å².